The lowest BCUT2D eigenvalue weighted by molar-refractivity contribution is 0.478. The average molecular weight is 387 g/mol. The van der Waals surface area contributed by atoms with Gasteiger partial charge in [0, 0.05) is 29.7 Å². The highest BCUT2D eigenvalue weighted by molar-refractivity contribution is 6.02. The van der Waals surface area contributed by atoms with Crippen molar-refractivity contribution in [1.29, 1.82) is 5.26 Å². The lowest BCUT2D eigenvalue weighted by atomic mass is 10.1. The maximum atomic E-state index is 9.20. The fraction of sp³-hybridized carbons (Fsp3) is 0.364. The number of nitriles is 1. The minimum Gasteiger partial charge on any atom is -0.380 e. The smallest absolute Gasteiger partial charge is 0.116 e. The van der Waals surface area contributed by atoms with E-state index in [1.165, 1.54) is 0 Å². The maximum Gasteiger partial charge on any atom is 0.116 e. The van der Waals surface area contributed by atoms with E-state index in [-0.39, 0.29) is 6.04 Å². The quantitative estimate of drug-likeness (QED) is 0.501. The molecule has 2 aliphatic rings. The zero-order valence-corrected chi connectivity index (χ0v) is 17.2. The van der Waals surface area contributed by atoms with Crippen LogP contribution >= 0.6 is 0 Å². The van der Waals surface area contributed by atoms with Gasteiger partial charge in [-0.2, -0.15) is 5.26 Å². The van der Waals surface area contributed by atoms with Gasteiger partial charge in [0.15, 0.2) is 0 Å². The van der Waals surface area contributed by atoms with Crippen molar-refractivity contribution < 1.29 is 0 Å². The van der Waals surface area contributed by atoms with E-state index in [4.69, 9.17) is 4.98 Å². The highest BCUT2D eigenvalue weighted by Gasteiger charge is 2.22. The second-order valence-corrected chi connectivity index (χ2v) is 8.10. The SMILES string of the molecule is CC(C)CCn1cc(-c2c[nH]c3c4ccc(C#N)cc4nc-3c2NC(C)C)nn1. The summed E-state index contributed by atoms with van der Waals surface area (Å²) < 4.78 is 1.90. The number of anilines is 1. The Balaban J connectivity index is 1.84. The summed E-state index contributed by atoms with van der Waals surface area (Å²) in [6.07, 6.45) is 5.00. The molecular formula is C22H25N7. The van der Waals surface area contributed by atoms with Crippen LogP contribution in [0.2, 0.25) is 0 Å². The van der Waals surface area contributed by atoms with E-state index < -0.39 is 0 Å². The first kappa shape index (κ1) is 18.9. The van der Waals surface area contributed by atoms with Gasteiger partial charge in [0.05, 0.1) is 34.7 Å². The van der Waals surface area contributed by atoms with Gasteiger partial charge < -0.3 is 10.3 Å². The standard InChI is InChI=1S/C22H25N7/c1-13(2)7-8-29-12-19(27-28-29)17-11-24-20-16-6-5-15(10-23)9-18(16)26-22(20)21(17)25-14(3)4/h5-6,9,11-14,24-25H,7-8H2,1-4H3. The zero-order valence-electron chi connectivity index (χ0n) is 17.2. The van der Waals surface area contributed by atoms with Crippen molar-refractivity contribution >= 4 is 16.6 Å². The molecule has 148 valence electrons. The van der Waals surface area contributed by atoms with E-state index in [9.17, 15) is 5.26 Å². The molecule has 2 aliphatic heterocycles. The molecule has 1 aromatic carbocycles. The number of aromatic nitrogens is 5. The lowest BCUT2D eigenvalue weighted by Crippen LogP contribution is -2.12. The molecule has 0 spiro atoms. The molecule has 7 heteroatoms. The van der Waals surface area contributed by atoms with Crippen LogP contribution in [0.25, 0.3) is 33.5 Å². The van der Waals surface area contributed by atoms with Crippen LogP contribution in [0.5, 0.6) is 0 Å². The molecule has 0 fully saturated rings. The lowest BCUT2D eigenvalue weighted by Gasteiger charge is -2.17. The van der Waals surface area contributed by atoms with Crippen molar-refractivity contribution in [3.8, 4) is 28.7 Å². The summed E-state index contributed by atoms with van der Waals surface area (Å²) in [7, 11) is 0. The summed E-state index contributed by atoms with van der Waals surface area (Å²) in [5, 5.41) is 22.4. The molecule has 0 atom stereocenters. The van der Waals surface area contributed by atoms with Crippen LogP contribution in [0.1, 0.15) is 39.7 Å². The molecule has 7 nitrogen and oxygen atoms in total. The molecule has 4 rings (SSSR count). The second-order valence-electron chi connectivity index (χ2n) is 8.10. The summed E-state index contributed by atoms with van der Waals surface area (Å²) in [5.74, 6) is 0.616. The van der Waals surface area contributed by atoms with Crippen LogP contribution in [0.15, 0.2) is 30.6 Å². The third-order valence-corrected chi connectivity index (χ3v) is 4.92. The minimum absolute atomic E-state index is 0.227. The Hall–Kier alpha value is -3.40. The van der Waals surface area contributed by atoms with Crippen molar-refractivity contribution in [2.45, 2.75) is 46.7 Å². The van der Waals surface area contributed by atoms with E-state index in [1.54, 1.807) is 0 Å². The molecule has 2 aromatic rings. The highest BCUT2D eigenvalue weighted by atomic mass is 15.4. The normalized spacial score (nSPS) is 11.6. The maximum absolute atomic E-state index is 9.20. The third-order valence-electron chi connectivity index (χ3n) is 4.92. The van der Waals surface area contributed by atoms with Crippen molar-refractivity contribution in [3.63, 3.8) is 0 Å². The van der Waals surface area contributed by atoms with Crippen LogP contribution in [-0.2, 0) is 6.54 Å². The van der Waals surface area contributed by atoms with Gasteiger partial charge in [-0.1, -0.05) is 19.1 Å². The van der Waals surface area contributed by atoms with Crippen molar-refractivity contribution in [2.75, 3.05) is 5.32 Å². The molecule has 0 aliphatic carbocycles. The zero-order chi connectivity index (χ0) is 20.5. The number of aryl methyl sites for hydroxylation is 1. The molecule has 0 amide bonds. The number of nitrogens with zero attached hydrogens (tertiary/aromatic N) is 5. The molecule has 1 aromatic heterocycles. The Labute approximate surface area is 170 Å². The largest absolute Gasteiger partial charge is 0.380 e. The molecule has 0 bridgehead atoms. The van der Waals surface area contributed by atoms with Crippen LogP contribution < -0.4 is 5.32 Å². The minimum atomic E-state index is 0.227. The van der Waals surface area contributed by atoms with Crippen LogP contribution in [0, 0.1) is 17.2 Å². The third kappa shape index (κ3) is 3.66. The molecule has 0 saturated carbocycles. The van der Waals surface area contributed by atoms with Crippen molar-refractivity contribution in [3.05, 3.63) is 36.2 Å². The fourth-order valence-corrected chi connectivity index (χ4v) is 3.44. The molecule has 0 radical (unpaired) electrons. The van der Waals surface area contributed by atoms with E-state index in [2.05, 4.69) is 54.4 Å². The molecule has 0 unspecified atom stereocenters. The molecule has 29 heavy (non-hydrogen) atoms. The summed E-state index contributed by atoms with van der Waals surface area (Å²) in [6, 6.07) is 8.00. The number of nitrogens with one attached hydrogen (secondary N) is 2. The molecular weight excluding hydrogens is 362 g/mol. The van der Waals surface area contributed by atoms with Gasteiger partial charge in [-0.05, 0) is 44.4 Å². The predicted octanol–water partition coefficient (Wildman–Crippen LogP) is 4.66. The van der Waals surface area contributed by atoms with Crippen LogP contribution in [-0.4, -0.2) is 31.0 Å². The van der Waals surface area contributed by atoms with Gasteiger partial charge >= 0.3 is 0 Å². The summed E-state index contributed by atoms with van der Waals surface area (Å²) in [4.78, 5) is 8.22. The average Bonchev–Trinajstić information content (AvgIpc) is 3.30. The number of rotatable bonds is 6. The first-order chi connectivity index (χ1) is 14.0. The number of hydrogen-bond acceptors (Lipinski definition) is 5. The van der Waals surface area contributed by atoms with E-state index in [0.717, 1.165) is 52.2 Å². The molecule has 0 saturated heterocycles. The predicted molar refractivity (Wildman–Crippen MR) is 115 cm³/mol. The summed E-state index contributed by atoms with van der Waals surface area (Å²) in [6.45, 7) is 9.45. The summed E-state index contributed by atoms with van der Waals surface area (Å²) >= 11 is 0. The first-order valence-corrected chi connectivity index (χ1v) is 9.98. The van der Waals surface area contributed by atoms with Gasteiger partial charge in [0.1, 0.15) is 11.4 Å². The number of H-pyrrole nitrogens is 1. The monoisotopic (exact) mass is 387 g/mol. The summed E-state index contributed by atoms with van der Waals surface area (Å²) in [5.41, 5.74) is 5.87. The van der Waals surface area contributed by atoms with Gasteiger partial charge in [-0.15, -0.1) is 5.10 Å². The molecule has 2 N–H and O–H groups in total. The van der Waals surface area contributed by atoms with Crippen LogP contribution in [0.3, 0.4) is 0 Å². The van der Waals surface area contributed by atoms with E-state index in [1.807, 2.05) is 35.3 Å². The van der Waals surface area contributed by atoms with Crippen LogP contribution in [0.4, 0.5) is 5.69 Å². The fourth-order valence-electron chi connectivity index (χ4n) is 3.44. The second kappa shape index (κ2) is 7.55. The number of pyridine rings is 1. The number of fused-ring (bicyclic) bond motifs is 3. The van der Waals surface area contributed by atoms with Crippen molar-refractivity contribution in [2.24, 2.45) is 5.92 Å². The van der Waals surface area contributed by atoms with Crippen molar-refractivity contribution in [1.82, 2.24) is 25.0 Å². The first-order valence-electron chi connectivity index (χ1n) is 9.98. The number of benzene rings is 1. The highest BCUT2D eigenvalue weighted by Crippen LogP contribution is 2.40. The van der Waals surface area contributed by atoms with Gasteiger partial charge in [-0.25, -0.2) is 4.98 Å². The Morgan fingerprint density at radius 2 is 2.07 bits per heavy atom. The van der Waals surface area contributed by atoms with E-state index in [0.29, 0.717) is 11.5 Å². The Morgan fingerprint density at radius 1 is 1.24 bits per heavy atom. The van der Waals surface area contributed by atoms with Gasteiger partial charge in [0.2, 0.25) is 0 Å². The topological polar surface area (TPSA) is 95.2 Å². The van der Waals surface area contributed by atoms with Gasteiger partial charge in [-0.3, -0.25) is 4.68 Å². The number of hydrogen-bond donors (Lipinski definition) is 2. The Bertz CT molecular complexity index is 1160. The Morgan fingerprint density at radius 3 is 2.79 bits per heavy atom. The Kier molecular flexibility index (Phi) is 4.93. The number of aromatic amines is 1. The molecule has 3 heterocycles. The van der Waals surface area contributed by atoms with E-state index >= 15 is 0 Å². The van der Waals surface area contributed by atoms with Gasteiger partial charge in [0.25, 0.3) is 0 Å².